The molecule has 8 heteroatoms. The predicted octanol–water partition coefficient (Wildman–Crippen LogP) is 5.41. The van der Waals surface area contributed by atoms with Gasteiger partial charge in [-0.25, -0.2) is 14.4 Å². The van der Waals surface area contributed by atoms with Crippen LogP contribution in [0.1, 0.15) is 18.5 Å². The van der Waals surface area contributed by atoms with E-state index in [-0.39, 0.29) is 24.3 Å². The van der Waals surface area contributed by atoms with Gasteiger partial charge in [0.25, 0.3) is 0 Å². The summed E-state index contributed by atoms with van der Waals surface area (Å²) in [5, 5.41) is 6.56. The molecule has 30 heavy (non-hydrogen) atoms. The second kappa shape index (κ2) is 9.76. The molecule has 2 N–H and O–H groups in total. The van der Waals surface area contributed by atoms with Crippen LogP contribution in [0.5, 0.6) is 0 Å². The third-order valence-corrected chi connectivity index (χ3v) is 4.37. The third kappa shape index (κ3) is 5.27. The van der Waals surface area contributed by atoms with E-state index in [0.717, 1.165) is 16.7 Å². The van der Waals surface area contributed by atoms with Gasteiger partial charge in [-0.15, -0.1) is 12.4 Å². The minimum atomic E-state index is -0.256. The van der Waals surface area contributed by atoms with E-state index in [2.05, 4.69) is 30.6 Å². The standard InChI is InChI=1S/C22H19FN6.ClH/c1-15(16-4-6-19(23)7-5-16)27-20-11-18(17-3-2-8-24-13-17)12-21(28-20)29-22-14-25-9-10-26-22;/h2-15H,1H3,(H2,26,27,28,29);1H. The Balaban J connectivity index is 0.00000256. The first kappa shape index (κ1) is 21.1. The maximum absolute atomic E-state index is 13.2. The minimum Gasteiger partial charge on any atom is -0.363 e. The number of benzene rings is 1. The summed E-state index contributed by atoms with van der Waals surface area (Å²) in [5.41, 5.74) is 2.88. The van der Waals surface area contributed by atoms with Crippen LogP contribution in [0.3, 0.4) is 0 Å². The largest absolute Gasteiger partial charge is 0.363 e. The third-order valence-electron chi connectivity index (χ3n) is 4.37. The van der Waals surface area contributed by atoms with Crippen molar-refractivity contribution in [3.63, 3.8) is 0 Å². The fourth-order valence-corrected chi connectivity index (χ4v) is 2.92. The van der Waals surface area contributed by atoms with E-state index < -0.39 is 0 Å². The van der Waals surface area contributed by atoms with Crippen molar-refractivity contribution in [2.45, 2.75) is 13.0 Å². The van der Waals surface area contributed by atoms with E-state index in [0.29, 0.717) is 17.5 Å². The zero-order valence-electron chi connectivity index (χ0n) is 16.2. The Morgan fingerprint density at radius 1 is 0.833 bits per heavy atom. The molecule has 0 aliphatic heterocycles. The maximum Gasteiger partial charge on any atom is 0.150 e. The molecule has 0 saturated carbocycles. The van der Waals surface area contributed by atoms with Gasteiger partial charge in [0, 0.05) is 36.4 Å². The molecule has 6 nitrogen and oxygen atoms in total. The van der Waals surface area contributed by atoms with Crippen molar-refractivity contribution in [1.29, 1.82) is 0 Å². The second-order valence-corrected chi connectivity index (χ2v) is 6.50. The highest BCUT2D eigenvalue weighted by molar-refractivity contribution is 5.85. The average Bonchev–Trinajstić information content (AvgIpc) is 2.75. The van der Waals surface area contributed by atoms with Gasteiger partial charge in [0.1, 0.15) is 23.3 Å². The van der Waals surface area contributed by atoms with Gasteiger partial charge in [-0.2, -0.15) is 0 Å². The van der Waals surface area contributed by atoms with Crippen molar-refractivity contribution in [3.8, 4) is 11.1 Å². The predicted molar refractivity (Wildman–Crippen MR) is 118 cm³/mol. The molecule has 0 amide bonds. The summed E-state index contributed by atoms with van der Waals surface area (Å²) in [4.78, 5) is 17.2. The van der Waals surface area contributed by atoms with Gasteiger partial charge in [-0.1, -0.05) is 18.2 Å². The van der Waals surface area contributed by atoms with Crippen LogP contribution in [0.25, 0.3) is 11.1 Å². The monoisotopic (exact) mass is 422 g/mol. The molecule has 3 heterocycles. The summed E-state index contributed by atoms with van der Waals surface area (Å²) in [6, 6.07) is 14.1. The van der Waals surface area contributed by atoms with Crippen LogP contribution in [0.2, 0.25) is 0 Å². The molecule has 1 unspecified atom stereocenters. The molecular formula is C22H20ClFN6. The Bertz CT molecular complexity index is 1080. The molecule has 4 aromatic rings. The van der Waals surface area contributed by atoms with E-state index >= 15 is 0 Å². The molecule has 152 valence electrons. The first-order chi connectivity index (χ1) is 14.2. The topological polar surface area (TPSA) is 75.6 Å². The molecule has 0 aliphatic rings. The van der Waals surface area contributed by atoms with Crippen LogP contribution in [0.15, 0.2) is 79.5 Å². The first-order valence-corrected chi connectivity index (χ1v) is 9.15. The van der Waals surface area contributed by atoms with Crippen molar-refractivity contribution < 1.29 is 4.39 Å². The summed E-state index contributed by atoms with van der Waals surface area (Å²) in [6.45, 7) is 2.00. The van der Waals surface area contributed by atoms with Gasteiger partial charge in [-0.05, 0) is 48.4 Å². The lowest BCUT2D eigenvalue weighted by atomic mass is 10.1. The van der Waals surface area contributed by atoms with Gasteiger partial charge in [0.15, 0.2) is 0 Å². The molecular weight excluding hydrogens is 403 g/mol. The van der Waals surface area contributed by atoms with Gasteiger partial charge in [-0.3, -0.25) is 9.97 Å². The normalized spacial score (nSPS) is 11.3. The molecule has 0 saturated heterocycles. The highest BCUT2D eigenvalue weighted by Crippen LogP contribution is 2.27. The molecule has 0 bridgehead atoms. The second-order valence-electron chi connectivity index (χ2n) is 6.50. The molecule has 0 radical (unpaired) electrons. The van der Waals surface area contributed by atoms with Gasteiger partial charge in [0.2, 0.25) is 0 Å². The highest BCUT2D eigenvalue weighted by Gasteiger charge is 2.10. The number of nitrogens with one attached hydrogen (secondary N) is 2. The number of nitrogens with zero attached hydrogens (tertiary/aromatic N) is 4. The summed E-state index contributed by atoms with van der Waals surface area (Å²) in [5.74, 6) is 1.64. The average molecular weight is 423 g/mol. The SMILES string of the molecule is CC(Nc1cc(-c2cccnc2)cc(Nc2cnccn2)n1)c1ccc(F)cc1.Cl. The number of hydrogen-bond acceptors (Lipinski definition) is 6. The molecule has 3 aromatic heterocycles. The van der Waals surface area contributed by atoms with Gasteiger partial charge < -0.3 is 10.6 Å². The number of hydrogen-bond donors (Lipinski definition) is 2. The van der Waals surface area contributed by atoms with Crippen molar-refractivity contribution in [1.82, 2.24) is 19.9 Å². The lowest BCUT2D eigenvalue weighted by Crippen LogP contribution is -2.09. The zero-order valence-corrected chi connectivity index (χ0v) is 17.0. The first-order valence-electron chi connectivity index (χ1n) is 9.15. The van der Waals surface area contributed by atoms with Crippen molar-refractivity contribution in [2.75, 3.05) is 10.6 Å². The number of anilines is 3. The van der Waals surface area contributed by atoms with E-state index in [1.165, 1.54) is 12.1 Å². The molecule has 0 aliphatic carbocycles. The highest BCUT2D eigenvalue weighted by atomic mass is 35.5. The smallest absolute Gasteiger partial charge is 0.150 e. The van der Waals surface area contributed by atoms with Gasteiger partial charge >= 0.3 is 0 Å². The number of rotatable bonds is 6. The molecule has 1 atom stereocenters. The summed E-state index contributed by atoms with van der Waals surface area (Å²) < 4.78 is 13.2. The Morgan fingerprint density at radius 3 is 2.30 bits per heavy atom. The van der Waals surface area contributed by atoms with E-state index in [1.54, 1.807) is 43.1 Å². The van der Waals surface area contributed by atoms with Crippen LogP contribution >= 0.6 is 12.4 Å². The summed E-state index contributed by atoms with van der Waals surface area (Å²) in [6.07, 6.45) is 8.39. The lowest BCUT2D eigenvalue weighted by Gasteiger charge is -2.17. The minimum absolute atomic E-state index is 0. The fraction of sp³-hybridized carbons (Fsp3) is 0.0909. The molecule has 0 fully saturated rings. The number of halogens is 2. The van der Waals surface area contributed by atoms with Crippen LogP contribution in [-0.4, -0.2) is 19.9 Å². The van der Waals surface area contributed by atoms with Crippen LogP contribution in [-0.2, 0) is 0 Å². The summed E-state index contributed by atoms with van der Waals surface area (Å²) in [7, 11) is 0. The fourth-order valence-electron chi connectivity index (χ4n) is 2.92. The molecule has 0 spiro atoms. The van der Waals surface area contributed by atoms with E-state index in [9.17, 15) is 4.39 Å². The Morgan fingerprint density at radius 2 is 1.60 bits per heavy atom. The van der Waals surface area contributed by atoms with E-state index in [4.69, 9.17) is 0 Å². The van der Waals surface area contributed by atoms with Gasteiger partial charge in [0.05, 0.1) is 6.20 Å². The summed E-state index contributed by atoms with van der Waals surface area (Å²) >= 11 is 0. The van der Waals surface area contributed by atoms with Crippen molar-refractivity contribution in [3.05, 3.63) is 90.9 Å². The van der Waals surface area contributed by atoms with E-state index in [1.807, 2.05) is 31.2 Å². The van der Waals surface area contributed by atoms with Crippen LogP contribution in [0, 0.1) is 5.82 Å². The van der Waals surface area contributed by atoms with Crippen molar-refractivity contribution >= 4 is 29.9 Å². The zero-order chi connectivity index (χ0) is 20.1. The lowest BCUT2D eigenvalue weighted by molar-refractivity contribution is 0.626. The molecule has 1 aromatic carbocycles. The maximum atomic E-state index is 13.2. The Labute approximate surface area is 180 Å². The van der Waals surface area contributed by atoms with Crippen LogP contribution in [0.4, 0.5) is 21.8 Å². The van der Waals surface area contributed by atoms with Crippen molar-refractivity contribution in [2.24, 2.45) is 0 Å². The number of aromatic nitrogens is 4. The number of pyridine rings is 2. The van der Waals surface area contributed by atoms with Crippen LogP contribution < -0.4 is 10.6 Å². The Hall–Kier alpha value is -3.58. The quantitative estimate of drug-likeness (QED) is 0.432. The Kier molecular flexibility index (Phi) is 6.87. The molecule has 4 rings (SSSR count).